The van der Waals surface area contributed by atoms with Crippen LogP contribution in [0.25, 0.3) is 5.57 Å². The van der Waals surface area contributed by atoms with Crippen molar-refractivity contribution in [1.29, 1.82) is 0 Å². The lowest BCUT2D eigenvalue weighted by atomic mass is 10.1. The van der Waals surface area contributed by atoms with Gasteiger partial charge in [-0.3, -0.25) is 4.79 Å². The van der Waals surface area contributed by atoms with Gasteiger partial charge in [0.2, 0.25) is 0 Å². The molecule has 3 rings (SSSR count). The average Bonchev–Trinajstić information content (AvgIpc) is 3.20. The van der Waals surface area contributed by atoms with E-state index in [9.17, 15) is 4.79 Å². The molecule has 1 aliphatic heterocycles. The maximum atomic E-state index is 10.4. The van der Waals surface area contributed by atoms with Crippen molar-refractivity contribution in [3.05, 3.63) is 53.9 Å². The fourth-order valence-corrected chi connectivity index (χ4v) is 3.39. The minimum atomic E-state index is -0.869. The number of nitrogens with zero attached hydrogens (tertiary/aromatic N) is 2. The number of ether oxygens (including phenoxy) is 1. The molecule has 1 aromatic carbocycles. The number of unbranched alkanes of at least 4 members (excludes halogenated alkanes) is 1. The minimum Gasteiger partial charge on any atom is -0.481 e. The summed E-state index contributed by atoms with van der Waals surface area (Å²) in [6.45, 7) is 7.86. The van der Waals surface area contributed by atoms with Gasteiger partial charge in [-0.2, -0.15) is 0 Å². The molecule has 0 radical (unpaired) electrons. The first kappa shape index (κ1) is 19.2. The zero-order chi connectivity index (χ0) is 19.2. The number of hydrogen-bond acceptors (Lipinski definition) is 5. The number of hydrogen-bond donors (Lipinski definition) is 1. The van der Waals surface area contributed by atoms with Gasteiger partial charge in [-0.25, -0.2) is 0 Å². The Morgan fingerprint density at radius 2 is 2.19 bits per heavy atom. The molecule has 1 atom stereocenters. The van der Waals surface area contributed by atoms with E-state index in [0.29, 0.717) is 11.8 Å². The van der Waals surface area contributed by atoms with Gasteiger partial charge in [0.05, 0.1) is 24.8 Å². The molecule has 2 aromatic rings. The molecule has 0 saturated carbocycles. The highest BCUT2D eigenvalue weighted by Crippen LogP contribution is 2.38. The number of aliphatic carboxylic acids is 1. The number of carboxylic acids is 1. The maximum absolute atomic E-state index is 10.4. The molecule has 0 spiro atoms. The number of aromatic nitrogens is 1. The van der Waals surface area contributed by atoms with E-state index >= 15 is 0 Å². The van der Waals surface area contributed by atoms with Gasteiger partial charge < -0.3 is 19.3 Å². The number of benzene rings is 1. The van der Waals surface area contributed by atoms with Crippen LogP contribution in [-0.4, -0.2) is 35.4 Å². The summed E-state index contributed by atoms with van der Waals surface area (Å²) in [5.74, 6) is -0.236. The Hall–Kier alpha value is -2.60. The molecule has 1 aromatic heterocycles. The third-order valence-electron chi connectivity index (χ3n) is 4.93. The number of rotatable bonds is 10. The van der Waals surface area contributed by atoms with Gasteiger partial charge in [-0.15, -0.1) is 0 Å². The van der Waals surface area contributed by atoms with E-state index in [1.807, 2.05) is 6.07 Å². The molecule has 6 nitrogen and oxygen atoms in total. The van der Waals surface area contributed by atoms with Crippen LogP contribution in [0.2, 0.25) is 0 Å². The first-order valence-corrected chi connectivity index (χ1v) is 9.35. The number of fused-ring (bicyclic) bond motifs is 1. The predicted molar refractivity (Wildman–Crippen MR) is 104 cm³/mol. The van der Waals surface area contributed by atoms with E-state index in [0.717, 1.165) is 31.5 Å². The van der Waals surface area contributed by atoms with Crippen LogP contribution in [0.3, 0.4) is 0 Å². The number of carbonyl (C=O) groups is 1. The lowest BCUT2D eigenvalue weighted by molar-refractivity contribution is -0.138. The Balaban J connectivity index is 1.41. The van der Waals surface area contributed by atoms with Crippen molar-refractivity contribution in [2.24, 2.45) is 0 Å². The van der Waals surface area contributed by atoms with E-state index in [2.05, 4.69) is 47.8 Å². The number of aryl methyl sites for hydroxylation is 1. The molecule has 1 aliphatic rings. The highest BCUT2D eigenvalue weighted by Gasteiger charge is 2.28. The van der Waals surface area contributed by atoms with Crippen molar-refractivity contribution in [3.8, 4) is 0 Å². The topological polar surface area (TPSA) is 75.8 Å². The van der Waals surface area contributed by atoms with Crippen molar-refractivity contribution < 1.29 is 19.2 Å². The fourth-order valence-electron chi connectivity index (χ4n) is 3.39. The van der Waals surface area contributed by atoms with Crippen LogP contribution in [0.5, 0.6) is 0 Å². The quantitative estimate of drug-likeness (QED) is 0.639. The smallest absolute Gasteiger partial charge is 0.305 e. The third-order valence-corrected chi connectivity index (χ3v) is 4.93. The Morgan fingerprint density at radius 3 is 3.00 bits per heavy atom. The van der Waals surface area contributed by atoms with Crippen molar-refractivity contribution in [2.45, 2.75) is 45.3 Å². The third kappa shape index (κ3) is 4.77. The molecule has 0 amide bonds. The summed E-state index contributed by atoms with van der Waals surface area (Å²) in [7, 11) is 0. The average molecular weight is 370 g/mol. The largest absolute Gasteiger partial charge is 0.481 e. The van der Waals surface area contributed by atoms with E-state index in [1.54, 1.807) is 0 Å². The minimum absolute atomic E-state index is 0.00846. The second-order valence-corrected chi connectivity index (χ2v) is 6.85. The van der Waals surface area contributed by atoms with E-state index in [-0.39, 0.29) is 19.6 Å². The summed E-state index contributed by atoms with van der Waals surface area (Å²) >= 11 is 0. The summed E-state index contributed by atoms with van der Waals surface area (Å²) in [4.78, 5) is 12.9. The highest BCUT2D eigenvalue weighted by molar-refractivity contribution is 5.86. The van der Waals surface area contributed by atoms with Gasteiger partial charge in [0.25, 0.3) is 0 Å². The molecule has 6 heteroatoms. The van der Waals surface area contributed by atoms with Gasteiger partial charge >= 0.3 is 5.97 Å². The van der Waals surface area contributed by atoms with E-state index in [1.165, 1.54) is 16.8 Å². The first-order chi connectivity index (χ1) is 13.1. The van der Waals surface area contributed by atoms with Crippen molar-refractivity contribution >= 4 is 17.2 Å². The molecule has 2 heterocycles. The molecule has 27 heavy (non-hydrogen) atoms. The highest BCUT2D eigenvalue weighted by atomic mass is 16.5. The lowest BCUT2D eigenvalue weighted by Gasteiger charge is -2.24. The second kappa shape index (κ2) is 8.86. The molecular weight excluding hydrogens is 344 g/mol. The summed E-state index contributed by atoms with van der Waals surface area (Å²) in [6.07, 6.45) is 2.92. The van der Waals surface area contributed by atoms with Crippen LogP contribution in [0.15, 0.2) is 41.4 Å². The summed E-state index contributed by atoms with van der Waals surface area (Å²) in [6, 6.07) is 10.7. The Bertz CT molecular complexity index is 799. The van der Waals surface area contributed by atoms with Crippen molar-refractivity contribution in [2.75, 3.05) is 18.1 Å². The van der Waals surface area contributed by atoms with Gasteiger partial charge in [0.15, 0.2) is 5.76 Å². The lowest BCUT2D eigenvalue weighted by Crippen LogP contribution is -2.29. The molecule has 0 bridgehead atoms. The van der Waals surface area contributed by atoms with E-state index < -0.39 is 5.97 Å². The van der Waals surface area contributed by atoms with Crippen LogP contribution in [0.4, 0.5) is 5.69 Å². The van der Waals surface area contributed by atoms with Gasteiger partial charge in [0.1, 0.15) is 6.61 Å². The standard InChI is InChI=1S/C21H26N2O4/c1-15-16(2)23(20-9-4-3-8-19(15)20)11-6-5-7-17-13-18(27-22-17)14-26-12-10-21(24)25/h3-4,8-9,13,16H,1,5-7,10-12,14H2,2H3,(H,24,25). The van der Waals surface area contributed by atoms with Gasteiger partial charge in [-0.05, 0) is 37.8 Å². The van der Waals surface area contributed by atoms with Crippen molar-refractivity contribution in [3.63, 3.8) is 0 Å². The summed E-state index contributed by atoms with van der Waals surface area (Å²) < 4.78 is 10.5. The molecule has 1 N–H and O–H groups in total. The molecule has 0 aliphatic carbocycles. The SMILES string of the molecule is C=C1c2ccccc2N(CCCCc2cc(COCCC(=O)O)on2)C1C. The second-order valence-electron chi connectivity index (χ2n) is 6.85. The maximum Gasteiger partial charge on any atom is 0.305 e. The molecular formula is C21H26N2O4. The number of anilines is 1. The summed E-state index contributed by atoms with van der Waals surface area (Å²) in [5, 5.41) is 12.6. The number of carboxylic acid groups (broad SMARTS) is 1. The van der Waals surface area contributed by atoms with Crippen molar-refractivity contribution in [1.82, 2.24) is 5.16 Å². The van der Waals surface area contributed by atoms with Gasteiger partial charge in [-0.1, -0.05) is 29.9 Å². The monoisotopic (exact) mass is 370 g/mol. The van der Waals surface area contributed by atoms with Gasteiger partial charge in [0, 0.05) is 23.9 Å². The molecule has 0 fully saturated rings. The molecule has 144 valence electrons. The molecule has 0 saturated heterocycles. The Morgan fingerprint density at radius 1 is 1.37 bits per heavy atom. The predicted octanol–water partition coefficient (Wildman–Crippen LogP) is 3.91. The summed E-state index contributed by atoms with van der Waals surface area (Å²) in [5.41, 5.74) is 4.63. The van der Waals surface area contributed by atoms with Crippen LogP contribution in [-0.2, 0) is 22.6 Å². The zero-order valence-corrected chi connectivity index (χ0v) is 15.7. The zero-order valence-electron chi connectivity index (χ0n) is 15.7. The van der Waals surface area contributed by atoms with Crippen LogP contribution in [0.1, 0.15) is 43.2 Å². The van der Waals surface area contributed by atoms with Crippen LogP contribution >= 0.6 is 0 Å². The molecule has 1 unspecified atom stereocenters. The Kier molecular flexibility index (Phi) is 6.29. The fraction of sp³-hybridized carbons (Fsp3) is 0.429. The Labute approximate surface area is 159 Å². The number of para-hydroxylation sites is 1. The first-order valence-electron chi connectivity index (χ1n) is 9.35. The van der Waals surface area contributed by atoms with Crippen LogP contribution < -0.4 is 4.90 Å². The normalized spacial score (nSPS) is 16.0. The van der Waals surface area contributed by atoms with E-state index in [4.69, 9.17) is 14.4 Å². The van der Waals surface area contributed by atoms with Crippen LogP contribution in [0, 0.1) is 0 Å².